The zero-order valence-electron chi connectivity index (χ0n) is 27.7. The number of hydrogen-bond donors (Lipinski definition) is 2. The Morgan fingerprint density at radius 3 is 1.92 bits per heavy atom. The van der Waals surface area contributed by atoms with E-state index in [2.05, 4.69) is 84.5 Å². The lowest BCUT2D eigenvalue weighted by Crippen LogP contribution is -2.50. The molecule has 48 heavy (non-hydrogen) atoms. The first-order valence-electron chi connectivity index (χ1n) is 16.4. The van der Waals surface area contributed by atoms with Crippen LogP contribution in [-0.4, -0.2) is 61.0 Å². The minimum atomic E-state index is -1.00. The zero-order chi connectivity index (χ0) is 34.0. The van der Waals surface area contributed by atoms with Gasteiger partial charge in [-0.25, -0.2) is 4.79 Å². The van der Waals surface area contributed by atoms with E-state index in [-0.39, 0.29) is 24.7 Å². The molecule has 11 nitrogen and oxygen atoms in total. The van der Waals surface area contributed by atoms with Gasteiger partial charge in [0.2, 0.25) is 0 Å². The van der Waals surface area contributed by atoms with Crippen LogP contribution >= 0.6 is 0 Å². The quantitative estimate of drug-likeness (QED) is 0.133. The number of benzene rings is 4. The first-order valence-corrected chi connectivity index (χ1v) is 16.4. The molecule has 2 aliphatic rings. The Morgan fingerprint density at radius 2 is 1.38 bits per heavy atom. The van der Waals surface area contributed by atoms with E-state index < -0.39 is 16.5 Å². The average Bonchev–Trinajstić information content (AvgIpc) is 3.33. The summed E-state index contributed by atoms with van der Waals surface area (Å²) in [4.78, 5) is 44.1. The lowest BCUT2D eigenvalue weighted by atomic mass is 9.74. The van der Waals surface area contributed by atoms with Crippen LogP contribution in [-0.2, 0) is 5.54 Å². The third-order valence-corrected chi connectivity index (χ3v) is 9.34. The Labute approximate surface area is 280 Å². The average molecular weight is 649 g/mol. The maximum absolute atomic E-state index is 14.4. The number of carbonyl (C=O) groups is 2. The number of non-ortho nitro benzene ring substituents is 1. The number of hydrogen-bond acceptors (Lipinski definition) is 7. The van der Waals surface area contributed by atoms with Crippen molar-refractivity contribution in [3.8, 4) is 11.5 Å². The highest BCUT2D eigenvalue weighted by Gasteiger charge is 2.56. The topological polar surface area (TPSA) is 120 Å². The summed E-state index contributed by atoms with van der Waals surface area (Å²) in [6.45, 7) is 12.2. The van der Waals surface area contributed by atoms with Gasteiger partial charge in [0.15, 0.2) is 0 Å². The fourth-order valence-corrected chi connectivity index (χ4v) is 7.02. The van der Waals surface area contributed by atoms with Crippen molar-refractivity contribution in [3.05, 3.63) is 117 Å². The maximum atomic E-state index is 14.4. The van der Waals surface area contributed by atoms with E-state index in [4.69, 9.17) is 4.74 Å². The van der Waals surface area contributed by atoms with Gasteiger partial charge in [0.25, 0.3) is 11.6 Å². The van der Waals surface area contributed by atoms with Gasteiger partial charge in [-0.1, -0.05) is 30.3 Å². The summed E-state index contributed by atoms with van der Waals surface area (Å²) in [5.74, 6) is 1.23. The Hall–Kier alpha value is -5.58. The van der Waals surface area contributed by atoms with Gasteiger partial charge < -0.3 is 30.1 Å². The van der Waals surface area contributed by atoms with E-state index in [0.717, 1.165) is 54.2 Å². The summed E-state index contributed by atoms with van der Waals surface area (Å²) < 4.78 is 6.74. The Kier molecular flexibility index (Phi) is 8.95. The molecule has 2 heterocycles. The fourth-order valence-electron chi connectivity index (χ4n) is 7.02. The first kappa shape index (κ1) is 32.4. The Balaban J connectivity index is 1.41. The van der Waals surface area contributed by atoms with Crippen molar-refractivity contribution < 1.29 is 19.2 Å². The van der Waals surface area contributed by atoms with Crippen LogP contribution in [0.4, 0.5) is 27.5 Å². The molecule has 0 saturated heterocycles. The van der Waals surface area contributed by atoms with E-state index in [1.165, 1.54) is 24.3 Å². The van der Waals surface area contributed by atoms with Gasteiger partial charge >= 0.3 is 6.03 Å². The number of rotatable bonds is 11. The molecular formula is C37H40N6O5. The summed E-state index contributed by atoms with van der Waals surface area (Å²) in [6.07, 6.45) is 0. The smallest absolute Gasteiger partial charge is 0.319 e. The second-order valence-electron chi connectivity index (χ2n) is 11.7. The summed E-state index contributed by atoms with van der Waals surface area (Å²) in [6, 6.07) is 25.3. The molecular weight excluding hydrogens is 608 g/mol. The molecule has 0 aliphatic carbocycles. The highest BCUT2D eigenvalue weighted by Crippen LogP contribution is 2.58. The second kappa shape index (κ2) is 13.3. The van der Waals surface area contributed by atoms with Gasteiger partial charge in [0.05, 0.1) is 4.92 Å². The number of nitrogens with zero attached hydrogens (tertiary/aromatic N) is 4. The van der Waals surface area contributed by atoms with Gasteiger partial charge in [-0.2, -0.15) is 0 Å². The number of nitro groups is 1. The number of ether oxygens (including phenoxy) is 1. The van der Waals surface area contributed by atoms with Crippen molar-refractivity contribution in [2.45, 2.75) is 33.2 Å². The third-order valence-electron chi connectivity index (χ3n) is 9.34. The normalized spacial score (nSPS) is 13.7. The van der Waals surface area contributed by atoms with Gasteiger partial charge in [-0.3, -0.25) is 14.9 Å². The zero-order valence-corrected chi connectivity index (χ0v) is 27.7. The number of urea groups is 1. The molecule has 0 bridgehead atoms. The largest absolute Gasteiger partial charge is 0.456 e. The first-order chi connectivity index (χ1) is 23.3. The Morgan fingerprint density at radius 1 is 0.812 bits per heavy atom. The second-order valence-corrected chi connectivity index (χ2v) is 11.7. The van der Waals surface area contributed by atoms with Crippen molar-refractivity contribution in [1.82, 2.24) is 10.2 Å². The standard InChI is InChI=1S/C37H40N6O5/c1-5-40(6-2)27-17-19-31-33(23-27)48-34-24-28(41(7-3)8-4)18-20-32(34)37(31)30-12-10-9-11-29(30)35(44)42(37)22-21-38-36(45)39-25-13-15-26(16-14-25)43(46)47/h9-20,23-24H,5-8,21-22H2,1-4H3,(H2,38,39,45). The molecule has 3 amide bonds. The molecule has 0 unspecified atom stereocenters. The number of nitrogens with one attached hydrogen (secondary N) is 2. The minimum absolute atomic E-state index is 0.0659. The minimum Gasteiger partial charge on any atom is -0.456 e. The van der Waals surface area contributed by atoms with Crippen molar-refractivity contribution >= 4 is 34.7 Å². The van der Waals surface area contributed by atoms with Gasteiger partial charge in [0.1, 0.15) is 17.0 Å². The van der Waals surface area contributed by atoms with Crippen LogP contribution in [0.3, 0.4) is 0 Å². The van der Waals surface area contributed by atoms with Crippen LogP contribution in [0.5, 0.6) is 11.5 Å². The van der Waals surface area contributed by atoms with Crippen molar-refractivity contribution in [2.75, 3.05) is 54.4 Å². The fraction of sp³-hybridized carbons (Fsp3) is 0.297. The molecule has 248 valence electrons. The maximum Gasteiger partial charge on any atom is 0.319 e. The lowest BCUT2D eigenvalue weighted by molar-refractivity contribution is -0.384. The number of fused-ring (bicyclic) bond motifs is 6. The molecule has 11 heteroatoms. The molecule has 0 radical (unpaired) electrons. The van der Waals surface area contributed by atoms with Crippen LogP contribution in [0.2, 0.25) is 0 Å². The van der Waals surface area contributed by atoms with Crippen molar-refractivity contribution in [3.63, 3.8) is 0 Å². The molecule has 0 saturated carbocycles. The molecule has 2 aliphatic heterocycles. The molecule has 0 fully saturated rings. The van der Waals surface area contributed by atoms with Gasteiger partial charge in [-0.15, -0.1) is 0 Å². The van der Waals surface area contributed by atoms with Crippen LogP contribution in [0.1, 0.15) is 54.7 Å². The van der Waals surface area contributed by atoms with E-state index in [1.807, 2.05) is 29.2 Å². The van der Waals surface area contributed by atoms with E-state index >= 15 is 0 Å². The molecule has 2 N–H and O–H groups in total. The van der Waals surface area contributed by atoms with Crippen LogP contribution in [0, 0.1) is 10.1 Å². The van der Waals surface area contributed by atoms with E-state index in [9.17, 15) is 19.7 Å². The lowest BCUT2D eigenvalue weighted by Gasteiger charge is -2.45. The number of carbonyl (C=O) groups excluding carboxylic acids is 2. The summed E-state index contributed by atoms with van der Waals surface area (Å²) in [5.41, 5.74) is 4.59. The monoisotopic (exact) mass is 648 g/mol. The summed E-state index contributed by atoms with van der Waals surface area (Å²) >= 11 is 0. The molecule has 1 spiro atoms. The van der Waals surface area contributed by atoms with Gasteiger partial charge in [-0.05, 0) is 63.6 Å². The van der Waals surface area contributed by atoms with E-state index in [0.29, 0.717) is 22.7 Å². The molecule has 0 atom stereocenters. The molecule has 6 rings (SSSR count). The predicted octanol–water partition coefficient (Wildman–Crippen LogP) is 6.96. The van der Waals surface area contributed by atoms with Crippen molar-refractivity contribution in [1.29, 1.82) is 0 Å². The van der Waals surface area contributed by atoms with Crippen LogP contribution < -0.4 is 25.2 Å². The molecule has 4 aromatic rings. The SMILES string of the molecule is CCN(CC)c1ccc2c(c1)Oc1cc(N(CC)CC)ccc1C21c2ccccc2C(=O)N1CCNC(=O)Nc1ccc([N+](=O)[O-])cc1. The van der Waals surface area contributed by atoms with Crippen LogP contribution in [0.25, 0.3) is 0 Å². The number of anilines is 3. The van der Waals surface area contributed by atoms with Crippen LogP contribution in [0.15, 0.2) is 84.9 Å². The number of amides is 3. The summed E-state index contributed by atoms with van der Waals surface area (Å²) in [7, 11) is 0. The predicted molar refractivity (Wildman–Crippen MR) is 188 cm³/mol. The summed E-state index contributed by atoms with van der Waals surface area (Å²) in [5, 5.41) is 16.6. The molecule has 0 aromatic heterocycles. The van der Waals surface area contributed by atoms with E-state index in [1.54, 1.807) is 0 Å². The van der Waals surface area contributed by atoms with Gasteiger partial charge in [0, 0.05) is 97.3 Å². The molecule has 4 aromatic carbocycles. The number of nitro benzene ring substituents is 1. The Bertz CT molecular complexity index is 1790. The van der Waals surface area contributed by atoms with Crippen molar-refractivity contribution in [2.24, 2.45) is 0 Å². The third kappa shape index (κ3) is 5.44. The highest BCUT2D eigenvalue weighted by molar-refractivity contribution is 6.02. The highest BCUT2D eigenvalue weighted by atomic mass is 16.6.